The highest BCUT2D eigenvalue weighted by molar-refractivity contribution is 7.83. The number of carbonyl (C=O) groups excluding carboxylic acids is 1. The van der Waals surface area contributed by atoms with Crippen LogP contribution in [0.5, 0.6) is 0 Å². The van der Waals surface area contributed by atoms with Crippen LogP contribution in [0.3, 0.4) is 0 Å². The maximum Gasteiger partial charge on any atom is 0.331 e. The van der Waals surface area contributed by atoms with Crippen LogP contribution in [0, 0.1) is 17.1 Å². The Morgan fingerprint density at radius 2 is 2.06 bits per heavy atom. The zero-order valence-electron chi connectivity index (χ0n) is 18.2. The molecule has 0 fully saturated rings. The molecule has 2 amide bonds. The van der Waals surface area contributed by atoms with Crippen molar-refractivity contribution in [1.29, 1.82) is 5.26 Å². The molecule has 0 aliphatic heterocycles. The number of urea groups is 1. The average molecular weight is 471 g/mol. The molecule has 33 heavy (non-hydrogen) atoms. The van der Waals surface area contributed by atoms with Gasteiger partial charge in [0.25, 0.3) is 0 Å². The van der Waals surface area contributed by atoms with E-state index in [1.807, 2.05) is 19.9 Å². The summed E-state index contributed by atoms with van der Waals surface area (Å²) in [4.78, 5) is 16.6. The van der Waals surface area contributed by atoms with E-state index in [1.165, 1.54) is 35.1 Å². The maximum absolute atomic E-state index is 14.4. The summed E-state index contributed by atoms with van der Waals surface area (Å²) in [5.41, 5.74) is 1.86. The van der Waals surface area contributed by atoms with Gasteiger partial charge in [-0.3, -0.25) is 9.40 Å². The molecule has 9 nitrogen and oxygen atoms in total. The van der Waals surface area contributed by atoms with E-state index in [0.29, 0.717) is 22.4 Å². The summed E-state index contributed by atoms with van der Waals surface area (Å²) >= 11 is 0. The molecule has 0 saturated carbocycles. The fraction of sp³-hybridized carbons (Fsp3) is 0.273. The summed E-state index contributed by atoms with van der Waals surface area (Å²) in [6.07, 6.45) is 2.34. The molecule has 2 atom stereocenters. The smallest absolute Gasteiger partial charge is 0.331 e. The predicted octanol–water partition coefficient (Wildman–Crippen LogP) is 3.30. The van der Waals surface area contributed by atoms with Crippen LogP contribution < -0.4 is 10.0 Å². The van der Waals surface area contributed by atoms with E-state index in [2.05, 4.69) is 20.1 Å². The van der Waals surface area contributed by atoms with Crippen molar-refractivity contribution in [3.8, 4) is 17.2 Å². The third-order valence-electron chi connectivity index (χ3n) is 4.62. The van der Waals surface area contributed by atoms with Gasteiger partial charge in [-0.05, 0) is 54.3 Å². The lowest BCUT2D eigenvalue weighted by Crippen LogP contribution is -2.31. The predicted molar refractivity (Wildman–Crippen MR) is 121 cm³/mol. The summed E-state index contributed by atoms with van der Waals surface area (Å²) in [5.74, 6) is -0.643. The number of pyridine rings is 1. The largest absolute Gasteiger partial charge is 0.391 e. The van der Waals surface area contributed by atoms with Crippen molar-refractivity contribution >= 4 is 22.7 Å². The Kier molecular flexibility index (Phi) is 7.52. The summed E-state index contributed by atoms with van der Waals surface area (Å²) in [6, 6.07) is 8.32. The molecule has 0 bridgehead atoms. The van der Waals surface area contributed by atoms with Crippen LogP contribution in [0.15, 0.2) is 47.8 Å². The molecule has 2 heterocycles. The first-order valence-electron chi connectivity index (χ1n) is 10.1. The molecule has 2 aromatic heterocycles. The van der Waals surface area contributed by atoms with E-state index in [1.54, 1.807) is 19.2 Å². The molecule has 1 aromatic carbocycles. The number of anilines is 1. The van der Waals surface area contributed by atoms with Crippen LogP contribution in [0.4, 0.5) is 14.9 Å². The number of aliphatic hydroxyl groups excluding tert-OH is 1. The molecule has 0 radical (unpaired) electrons. The Morgan fingerprint density at radius 1 is 1.30 bits per heavy atom. The second kappa shape index (κ2) is 10.3. The van der Waals surface area contributed by atoms with Crippen molar-refractivity contribution in [2.75, 3.05) is 5.32 Å². The van der Waals surface area contributed by atoms with Crippen LogP contribution in [0.25, 0.3) is 11.1 Å². The molecule has 3 rings (SSSR count). The van der Waals surface area contributed by atoms with Gasteiger partial charge in [0, 0.05) is 18.0 Å². The van der Waals surface area contributed by atoms with Gasteiger partial charge in [0.1, 0.15) is 17.6 Å². The fourth-order valence-corrected chi connectivity index (χ4v) is 3.89. The molecule has 0 aliphatic carbocycles. The van der Waals surface area contributed by atoms with E-state index < -0.39 is 28.9 Å². The number of nitriles is 1. The van der Waals surface area contributed by atoms with Gasteiger partial charge < -0.3 is 10.4 Å². The first kappa shape index (κ1) is 24.0. The number of aromatic nitrogens is 3. The zero-order valence-corrected chi connectivity index (χ0v) is 19.1. The highest BCUT2D eigenvalue weighted by atomic mass is 32.2. The first-order chi connectivity index (χ1) is 15.7. The highest BCUT2D eigenvalue weighted by Gasteiger charge is 2.20. The number of nitrogens with one attached hydrogen (secondary N) is 2. The van der Waals surface area contributed by atoms with Gasteiger partial charge in [-0.15, -0.1) is 0 Å². The highest BCUT2D eigenvalue weighted by Crippen LogP contribution is 2.36. The van der Waals surface area contributed by atoms with Crippen molar-refractivity contribution in [3.05, 3.63) is 59.8 Å². The average Bonchev–Trinajstić information content (AvgIpc) is 3.22. The van der Waals surface area contributed by atoms with E-state index in [4.69, 9.17) is 5.26 Å². The Labute approximate surface area is 192 Å². The topological polar surface area (TPSA) is 133 Å². The summed E-state index contributed by atoms with van der Waals surface area (Å²) in [5, 5.41) is 25.5. The minimum atomic E-state index is -1.96. The van der Waals surface area contributed by atoms with Crippen molar-refractivity contribution in [2.24, 2.45) is 0 Å². The second-order valence-electron chi connectivity index (χ2n) is 7.66. The van der Waals surface area contributed by atoms with Crippen molar-refractivity contribution < 1.29 is 18.5 Å². The molecule has 0 spiro atoms. The normalized spacial score (nSPS) is 12.8. The number of hydrogen-bond acceptors (Lipinski definition) is 6. The van der Waals surface area contributed by atoms with Gasteiger partial charge in [0.2, 0.25) is 0 Å². The van der Waals surface area contributed by atoms with Crippen molar-refractivity contribution in [3.63, 3.8) is 0 Å². The standard InChI is InChI=1S/C22H23FN6O3S/c1-13(2)18-9-16(23)10-19(15-4-6-25-17(8-15)11-24)21(18)26-22(31)28-33(32)20-5-7-29(27-20)12-14(3)30/h4-10,13-14,30H,12H2,1-3H3,(H2,26,28,31). The molecule has 11 heteroatoms. The minimum Gasteiger partial charge on any atom is -0.391 e. The number of carbonyl (C=O) groups is 1. The summed E-state index contributed by atoms with van der Waals surface area (Å²) < 4.78 is 30.7. The molecular formula is C22H23FN6O3S. The van der Waals surface area contributed by atoms with Crippen LogP contribution in [-0.4, -0.2) is 36.2 Å². The van der Waals surface area contributed by atoms with Gasteiger partial charge in [-0.25, -0.2) is 18.4 Å². The monoisotopic (exact) mass is 470 g/mol. The molecule has 3 aromatic rings. The second-order valence-corrected chi connectivity index (χ2v) is 8.82. The molecule has 0 aliphatic rings. The van der Waals surface area contributed by atoms with Crippen LogP contribution >= 0.6 is 0 Å². The Morgan fingerprint density at radius 3 is 2.73 bits per heavy atom. The number of aliphatic hydroxyl groups is 1. The molecule has 2 unspecified atom stereocenters. The molecule has 0 saturated heterocycles. The van der Waals surface area contributed by atoms with Crippen molar-refractivity contribution in [2.45, 2.75) is 44.4 Å². The number of nitrogens with zero attached hydrogens (tertiary/aromatic N) is 4. The van der Waals surface area contributed by atoms with E-state index >= 15 is 0 Å². The number of rotatable bonds is 7. The number of halogens is 1. The first-order valence-corrected chi connectivity index (χ1v) is 11.2. The third-order valence-corrected chi connectivity index (χ3v) is 5.59. The lowest BCUT2D eigenvalue weighted by atomic mass is 9.94. The quantitative estimate of drug-likeness (QED) is 0.485. The number of hydrogen-bond donors (Lipinski definition) is 3. The minimum absolute atomic E-state index is 0.113. The third kappa shape index (κ3) is 6.00. The van der Waals surface area contributed by atoms with E-state index in [0.717, 1.165) is 0 Å². The lowest BCUT2D eigenvalue weighted by molar-refractivity contribution is 0.168. The Bertz CT molecular complexity index is 1240. The van der Waals surface area contributed by atoms with Crippen LogP contribution in [-0.2, 0) is 17.5 Å². The van der Waals surface area contributed by atoms with Crippen molar-refractivity contribution in [1.82, 2.24) is 19.5 Å². The summed E-state index contributed by atoms with van der Waals surface area (Å²) in [6.45, 7) is 5.51. The number of benzene rings is 1. The fourth-order valence-electron chi connectivity index (χ4n) is 3.20. The Hall–Kier alpha value is -3.62. The lowest BCUT2D eigenvalue weighted by Gasteiger charge is -2.19. The van der Waals surface area contributed by atoms with Gasteiger partial charge in [0.15, 0.2) is 16.0 Å². The number of amides is 2. The van der Waals surface area contributed by atoms with Gasteiger partial charge in [-0.1, -0.05) is 13.8 Å². The van der Waals surface area contributed by atoms with Gasteiger partial charge in [0.05, 0.1) is 18.3 Å². The van der Waals surface area contributed by atoms with E-state index in [-0.39, 0.29) is 23.2 Å². The Balaban J connectivity index is 1.90. The maximum atomic E-state index is 14.4. The van der Waals surface area contributed by atoms with E-state index in [9.17, 15) is 18.5 Å². The van der Waals surface area contributed by atoms with Crippen LogP contribution in [0.1, 0.15) is 37.9 Å². The SMILES string of the molecule is CC(O)Cn1ccc(S(=O)NC(=O)Nc2c(-c3ccnc(C#N)c3)cc(F)cc2C(C)C)n1. The summed E-state index contributed by atoms with van der Waals surface area (Å²) in [7, 11) is -1.96. The van der Waals surface area contributed by atoms with Gasteiger partial charge in [-0.2, -0.15) is 10.4 Å². The molecule has 3 N–H and O–H groups in total. The van der Waals surface area contributed by atoms with Gasteiger partial charge >= 0.3 is 6.03 Å². The zero-order chi connectivity index (χ0) is 24.1. The van der Waals surface area contributed by atoms with Crippen LogP contribution in [0.2, 0.25) is 0 Å². The molecule has 172 valence electrons. The molecular weight excluding hydrogens is 447 g/mol.